The highest BCUT2D eigenvalue weighted by molar-refractivity contribution is 6.19. The largest absolute Gasteiger partial charge is 0.465 e. The number of ether oxygens (including phenoxy) is 1. The van der Waals surface area contributed by atoms with Gasteiger partial charge < -0.3 is 10.1 Å². The summed E-state index contributed by atoms with van der Waals surface area (Å²) >= 11 is 0. The van der Waals surface area contributed by atoms with E-state index in [0.717, 1.165) is 0 Å². The number of nitrogens with one attached hydrogen (secondary N) is 2. The van der Waals surface area contributed by atoms with E-state index in [1.165, 1.54) is 0 Å². The molecule has 0 radical (unpaired) electrons. The predicted molar refractivity (Wildman–Crippen MR) is 66.5 cm³/mol. The molecule has 0 fully saturated rings. The third kappa shape index (κ3) is 1.44. The molecule has 1 amide bonds. The quantitative estimate of drug-likeness (QED) is 0.613. The van der Waals surface area contributed by atoms with Gasteiger partial charge in [-0.05, 0) is 26.0 Å². The van der Waals surface area contributed by atoms with Gasteiger partial charge in [0.1, 0.15) is 11.0 Å². The number of amides is 1. The van der Waals surface area contributed by atoms with Crippen LogP contribution in [-0.2, 0) is 19.7 Å². The number of nitrogens with zero attached hydrogens (tertiary/aromatic N) is 2. The van der Waals surface area contributed by atoms with Crippen molar-refractivity contribution < 1.29 is 14.3 Å². The first-order chi connectivity index (χ1) is 9.07. The molecule has 19 heavy (non-hydrogen) atoms. The van der Waals surface area contributed by atoms with Crippen LogP contribution in [0.1, 0.15) is 19.4 Å². The monoisotopic (exact) mass is 260 g/mol. The lowest BCUT2D eigenvalue weighted by Gasteiger charge is -2.19. The van der Waals surface area contributed by atoms with E-state index in [9.17, 15) is 9.59 Å². The van der Waals surface area contributed by atoms with Crippen molar-refractivity contribution in [2.24, 2.45) is 0 Å². The zero-order valence-corrected chi connectivity index (χ0v) is 10.5. The fourth-order valence-corrected chi connectivity index (χ4v) is 2.25. The van der Waals surface area contributed by atoms with Crippen molar-refractivity contribution >= 4 is 28.6 Å². The van der Waals surface area contributed by atoms with E-state index in [2.05, 4.69) is 20.7 Å². The van der Waals surface area contributed by atoms with Gasteiger partial charge in [0.15, 0.2) is 5.41 Å². The lowest BCUT2D eigenvalue weighted by atomic mass is 9.83. The summed E-state index contributed by atoms with van der Waals surface area (Å²) in [5.74, 6) is -0.952. The van der Waals surface area contributed by atoms with Crippen LogP contribution in [0, 0.1) is 0 Å². The number of carbonyl (C=O) groups is 2. The maximum absolute atomic E-state index is 12.1. The number of fused-ring (bicyclic) bond motifs is 2. The first-order valence-electron chi connectivity index (χ1n) is 5.91. The average molecular weight is 260 g/mol. The molecule has 1 aliphatic rings. The van der Waals surface area contributed by atoms with Crippen LogP contribution < -0.4 is 5.32 Å². The van der Waals surface area contributed by atoms with Crippen LogP contribution in [0.2, 0.25) is 0 Å². The molecule has 0 spiro atoms. The summed E-state index contributed by atoms with van der Waals surface area (Å²) in [5.41, 5.74) is 1.04. The highest BCUT2D eigenvalue weighted by Crippen LogP contribution is 2.40. The summed E-state index contributed by atoms with van der Waals surface area (Å²) in [6.07, 6.45) is 0. The van der Waals surface area contributed by atoms with E-state index in [-0.39, 0.29) is 6.61 Å². The lowest BCUT2D eigenvalue weighted by Crippen LogP contribution is -2.40. The van der Waals surface area contributed by atoms with E-state index < -0.39 is 17.3 Å². The van der Waals surface area contributed by atoms with Crippen LogP contribution in [0.25, 0.3) is 11.0 Å². The number of esters is 1. The summed E-state index contributed by atoms with van der Waals surface area (Å²) in [6.45, 7) is 3.48. The molecule has 0 aliphatic carbocycles. The van der Waals surface area contributed by atoms with Crippen molar-refractivity contribution in [2.75, 3.05) is 11.9 Å². The Kier molecular flexibility index (Phi) is 2.31. The first-order valence-corrected chi connectivity index (χ1v) is 5.91. The predicted octanol–water partition coefficient (Wildman–Crippen LogP) is 0.731. The third-order valence-electron chi connectivity index (χ3n) is 3.38. The standard InChI is InChI=1S/C12H12N4O3/c1-3-19-11(18)12(2)6-4-8-9(15-16-14-8)5-7(6)13-10(12)17/h4-5H,3H2,1-2H3,(H,13,17)(H,14,15,16). The van der Waals surface area contributed by atoms with Crippen molar-refractivity contribution in [3.8, 4) is 0 Å². The van der Waals surface area contributed by atoms with Gasteiger partial charge in [-0.1, -0.05) is 0 Å². The number of aromatic nitrogens is 3. The van der Waals surface area contributed by atoms with Gasteiger partial charge >= 0.3 is 5.97 Å². The van der Waals surface area contributed by atoms with E-state index >= 15 is 0 Å². The molecule has 1 atom stereocenters. The van der Waals surface area contributed by atoms with Crippen molar-refractivity contribution in [2.45, 2.75) is 19.3 Å². The molecule has 1 aliphatic heterocycles. The minimum Gasteiger partial charge on any atom is -0.465 e. The second-order valence-corrected chi connectivity index (χ2v) is 4.51. The number of benzene rings is 1. The number of anilines is 1. The van der Waals surface area contributed by atoms with Crippen LogP contribution in [0.3, 0.4) is 0 Å². The van der Waals surface area contributed by atoms with Gasteiger partial charge in [-0.15, -0.1) is 0 Å². The number of rotatable bonds is 2. The molecule has 1 aromatic heterocycles. The Morgan fingerprint density at radius 2 is 2.05 bits per heavy atom. The lowest BCUT2D eigenvalue weighted by molar-refractivity contribution is -0.152. The van der Waals surface area contributed by atoms with Gasteiger partial charge in [0.2, 0.25) is 5.91 Å². The minimum atomic E-state index is -1.33. The second-order valence-electron chi connectivity index (χ2n) is 4.51. The molecule has 1 unspecified atom stereocenters. The molecule has 0 saturated heterocycles. The average Bonchev–Trinajstić information content (AvgIpc) is 2.92. The van der Waals surface area contributed by atoms with E-state index in [0.29, 0.717) is 22.3 Å². The molecule has 98 valence electrons. The van der Waals surface area contributed by atoms with Crippen LogP contribution >= 0.6 is 0 Å². The molecular weight excluding hydrogens is 248 g/mol. The highest BCUT2D eigenvalue weighted by Gasteiger charge is 2.50. The Morgan fingerprint density at radius 3 is 2.74 bits per heavy atom. The second kappa shape index (κ2) is 3.78. The van der Waals surface area contributed by atoms with Crippen molar-refractivity contribution in [1.82, 2.24) is 15.4 Å². The van der Waals surface area contributed by atoms with Crippen LogP contribution in [0.15, 0.2) is 12.1 Å². The molecular formula is C12H12N4O3. The van der Waals surface area contributed by atoms with Crippen LogP contribution in [-0.4, -0.2) is 33.9 Å². The molecule has 3 rings (SSSR count). The third-order valence-corrected chi connectivity index (χ3v) is 3.38. The summed E-state index contributed by atoms with van der Waals surface area (Å²) in [6, 6.07) is 3.37. The van der Waals surface area contributed by atoms with E-state index in [1.807, 2.05) is 0 Å². The van der Waals surface area contributed by atoms with Gasteiger partial charge in [0.05, 0.1) is 6.61 Å². The normalized spacial score (nSPS) is 21.3. The number of H-pyrrole nitrogens is 1. The van der Waals surface area contributed by atoms with Crippen molar-refractivity contribution in [1.29, 1.82) is 0 Å². The zero-order valence-electron chi connectivity index (χ0n) is 10.5. The zero-order chi connectivity index (χ0) is 13.6. The molecule has 1 aromatic carbocycles. The number of hydrogen-bond acceptors (Lipinski definition) is 5. The molecule has 7 heteroatoms. The molecule has 2 N–H and O–H groups in total. The van der Waals surface area contributed by atoms with Gasteiger partial charge in [-0.2, -0.15) is 15.4 Å². The van der Waals surface area contributed by atoms with Gasteiger partial charge in [0, 0.05) is 11.3 Å². The Morgan fingerprint density at radius 1 is 1.37 bits per heavy atom. The molecule has 2 aromatic rings. The molecule has 2 heterocycles. The topological polar surface area (TPSA) is 97.0 Å². The van der Waals surface area contributed by atoms with E-state index in [1.54, 1.807) is 26.0 Å². The molecule has 0 saturated carbocycles. The Labute approximate surface area is 108 Å². The summed E-state index contributed by atoms with van der Waals surface area (Å²) < 4.78 is 5.01. The molecule has 0 bridgehead atoms. The minimum absolute atomic E-state index is 0.225. The summed E-state index contributed by atoms with van der Waals surface area (Å²) in [4.78, 5) is 24.2. The number of hydrogen-bond donors (Lipinski definition) is 2. The highest BCUT2D eigenvalue weighted by atomic mass is 16.5. The fraction of sp³-hybridized carbons (Fsp3) is 0.333. The van der Waals surface area contributed by atoms with E-state index in [4.69, 9.17) is 4.74 Å². The van der Waals surface area contributed by atoms with Crippen LogP contribution in [0.5, 0.6) is 0 Å². The van der Waals surface area contributed by atoms with Crippen molar-refractivity contribution in [3.63, 3.8) is 0 Å². The maximum Gasteiger partial charge on any atom is 0.326 e. The molecule has 7 nitrogen and oxygen atoms in total. The van der Waals surface area contributed by atoms with Crippen LogP contribution in [0.4, 0.5) is 5.69 Å². The summed E-state index contributed by atoms with van der Waals surface area (Å²) in [5, 5.41) is 13.1. The maximum atomic E-state index is 12.1. The summed E-state index contributed by atoms with van der Waals surface area (Å²) in [7, 11) is 0. The smallest absolute Gasteiger partial charge is 0.326 e. The Bertz CT molecular complexity index is 693. The Hall–Kier alpha value is -2.44. The van der Waals surface area contributed by atoms with Gasteiger partial charge in [0.25, 0.3) is 0 Å². The number of aromatic amines is 1. The first kappa shape index (κ1) is 11.6. The van der Waals surface area contributed by atoms with Crippen molar-refractivity contribution in [3.05, 3.63) is 17.7 Å². The van der Waals surface area contributed by atoms with Gasteiger partial charge in [-0.25, -0.2) is 0 Å². The number of carbonyl (C=O) groups excluding carboxylic acids is 2. The Balaban J connectivity index is 2.19. The SMILES string of the molecule is CCOC(=O)C1(C)C(=O)Nc2cc3n[nH]nc3cc21. The van der Waals surface area contributed by atoms with Gasteiger partial charge in [-0.3, -0.25) is 9.59 Å². The fourth-order valence-electron chi connectivity index (χ4n) is 2.25.